The van der Waals surface area contributed by atoms with Gasteiger partial charge >= 0.3 is 0 Å². The maximum Gasteiger partial charge on any atom is 0.211 e. The zero-order valence-corrected chi connectivity index (χ0v) is 13.9. The summed E-state index contributed by atoms with van der Waals surface area (Å²) < 4.78 is 27.1. The molecular weight excluding hydrogens is 322 g/mol. The number of sulfonamides is 1. The standard InChI is InChI=1S/C15H18ClN3O2S/c1-22(20,21)18-7-11-4-10(5-12(11)8-18)15-14(16)3-2-13-6-17-9-19(13)15/h2-3,6,9-12H,4-5,7-8H2,1H3/t11-,12-/m0/s1. The van der Waals surface area contributed by atoms with Crippen molar-refractivity contribution in [3.05, 3.63) is 35.4 Å². The first-order chi connectivity index (χ1) is 10.4. The van der Waals surface area contributed by atoms with Crippen LogP contribution in [0, 0.1) is 11.8 Å². The van der Waals surface area contributed by atoms with E-state index in [1.54, 1.807) is 4.31 Å². The summed E-state index contributed by atoms with van der Waals surface area (Å²) in [5.74, 6) is 1.26. The molecule has 1 saturated carbocycles. The third-order valence-electron chi connectivity index (χ3n) is 5.14. The van der Waals surface area contributed by atoms with Gasteiger partial charge in [0.1, 0.15) is 0 Å². The molecule has 2 fully saturated rings. The number of rotatable bonds is 2. The van der Waals surface area contributed by atoms with Crippen LogP contribution in [0.4, 0.5) is 0 Å². The number of hydrogen-bond donors (Lipinski definition) is 0. The van der Waals surface area contributed by atoms with Crippen LogP contribution in [0.25, 0.3) is 5.52 Å². The molecular formula is C15H18ClN3O2S. The average molecular weight is 340 g/mol. The Hall–Kier alpha value is -1.11. The minimum atomic E-state index is -3.07. The third kappa shape index (κ3) is 2.25. The quantitative estimate of drug-likeness (QED) is 0.844. The Labute approximate surface area is 135 Å². The summed E-state index contributed by atoms with van der Waals surface area (Å²) >= 11 is 6.44. The van der Waals surface area contributed by atoms with Gasteiger partial charge in [0.25, 0.3) is 0 Å². The van der Waals surface area contributed by atoms with Crippen LogP contribution in [-0.4, -0.2) is 41.5 Å². The van der Waals surface area contributed by atoms with Crippen LogP contribution < -0.4 is 0 Å². The monoisotopic (exact) mass is 339 g/mol. The van der Waals surface area contributed by atoms with Gasteiger partial charge in [-0.15, -0.1) is 0 Å². The van der Waals surface area contributed by atoms with Crippen molar-refractivity contribution in [2.24, 2.45) is 11.8 Å². The van der Waals surface area contributed by atoms with Gasteiger partial charge in [0.2, 0.25) is 10.0 Å². The number of fused-ring (bicyclic) bond motifs is 2. The lowest BCUT2D eigenvalue weighted by molar-refractivity contribution is 0.438. The zero-order valence-electron chi connectivity index (χ0n) is 12.3. The highest BCUT2D eigenvalue weighted by Gasteiger charge is 2.44. The largest absolute Gasteiger partial charge is 0.302 e. The van der Waals surface area contributed by atoms with E-state index in [0.717, 1.165) is 29.1 Å². The molecule has 2 atom stereocenters. The van der Waals surface area contributed by atoms with Gasteiger partial charge in [-0.1, -0.05) is 11.6 Å². The summed E-state index contributed by atoms with van der Waals surface area (Å²) in [6, 6.07) is 3.91. The minimum Gasteiger partial charge on any atom is -0.302 e. The molecule has 22 heavy (non-hydrogen) atoms. The van der Waals surface area contributed by atoms with Crippen LogP contribution in [0.5, 0.6) is 0 Å². The van der Waals surface area contributed by atoms with Crippen LogP contribution in [0.3, 0.4) is 0 Å². The summed E-state index contributed by atoms with van der Waals surface area (Å²) in [7, 11) is -3.07. The van der Waals surface area contributed by atoms with Crippen molar-refractivity contribution in [1.29, 1.82) is 0 Å². The molecule has 2 aliphatic rings. The Morgan fingerprint density at radius 1 is 1.23 bits per heavy atom. The van der Waals surface area contributed by atoms with Crippen molar-refractivity contribution in [3.63, 3.8) is 0 Å². The Morgan fingerprint density at radius 2 is 1.91 bits per heavy atom. The van der Waals surface area contributed by atoms with Crippen LogP contribution in [0.15, 0.2) is 24.7 Å². The molecule has 3 heterocycles. The average Bonchev–Trinajstić information content (AvgIpc) is 3.09. The SMILES string of the molecule is CS(=O)(=O)N1C[C@@H]2CC(c3c(Cl)ccc4cncn34)C[C@H]2C1. The lowest BCUT2D eigenvalue weighted by atomic mass is 10.0. The summed E-state index contributed by atoms with van der Waals surface area (Å²) in [5, 5.41) is 0.774. The van der Waals surface area contributed by atoms with Gasteiger partial charge in [0.15, 0.2) is 0 Å². The molecule has 0 radical (unpaired) electrons. The van der Waals surface area contributed by atoms with Gasteiger partial charge in [0.05, 0.1) is 29.3 Å². The second kappa shape index (κ2) is 4.94. The minimum absolute atomic E-state index is 0.377. The van der Waals surface area contributed by atoms with Gasteiger partial charge in [-0.05, 0) is 36.8 Å². The zero-order chi connectivity index (χ0) is 15.5. The van der Waals surface area contributed by atoms with E-state index >= 15 is 0 Å². The highest BCUT2D eigenvalue weighted by Crippen LogP contribution is 2.48. The molecule has 7 heteroatoms. The molecule has 4 rings (SSSR count). The second-order valence-electron chi connectivity index (χ2n) is 6.52. The lowest BCUT2D eigenvalue weighted by Gasteiger charge is -2.19. The molecule has 5 nitrogen and oxygen atoms in total. The fourth-order valence-corrected chi connectivity index (χ4v) is 5.36. The lowest BCUT2D eigenvalue weighted by Crippen LogP contribution is -2.28. The topological polar surface area (TPSA) is 54.7 Å². The molecule has 1 aliphatic heterocycles. The van der Waals surface area contributed by atoms with E-state index in [1.165, 1.54) is 6.26 Å². The Kier molecular flexibility index (Phi) is 3.25. The predicted molar refractivity (Wildman–Crippen MR) is 85.6 cm³/mol. The van der Waals surface area contributed by atoms with Gasteiger partial charge in [-0.3, -0.25) is 0 Å². The summed E-state index contributed by atoms with van der Waals surface area (Å²) in [4.78, 5) is 4.21. The summed E-state index contributed by atoms with van der Waals surface area (Å²) in [6.07, 6.45) is 6.93. The fourth-order valence-electron chi connectivity index (χ4n) is 4.13. The molecule has 0 unspecified atom stereocenters. The van der Waals surface area contributed by atoms with Crippen LogP contribution >= 0.6 is 11.6 Å². The molecule has 1 saturated heterocycles. The highest BCUT2D eigenvalue weighted by atomic mass is 35.5. The third-order valence-corrected chi connectivity index (χ3v) is 6.70. The first-order valence-electron chi connectivity index (χ1n) is 7.49. The normalized spacial score (nSPS) is 26.8. The molecule has 0 N–H and O–H groups in total. The van der Waals surface area contributed by atoms with Crippen molar-refractivity contribution in [2.75, 3.05) is 19.3 Å². The van der Waals surface area contributed by atoms with E-state index in [4.69, 9.17) is 11.6 Å². The molecule has 0 amide bonds. The van der Waals surface area contributed by atoms with Gasteiger partial charge < -0.3 is 4.40 Å². The van der Waals surface area contributed by atoms with Gasteiger partial charge in [-0.25, -0.2) is 17.7 Å². The molecule has 0 spiro atoms. The number of imidazole rings is 1. The molecule has 2 aromatic heterocycles. The number of nitrogens with zero attached hydrogens (tertiary/aromatic N) is 3. The number of pyridine rings is 1. The molecule has 0 aromatic carbocycles. The van der Waals surface area contributed by atoms with E-state index < -0.39 is 10.0 Å². The first kappa shape index (κ1) is 14.5. The molecule has 2 aromatic rings. The highest BCUT2D eigenvalue weighted by molar-refractivity contribution is 7.88. The predicted octanol–water partition coefficient (Wildman–Crippen LogP) is 2.37. The van der Waals surface area contributed by atoms with E-state index in [1.807, 2.05) is 24.7 Å². The van der Waals surface area contributed by atoms with Gasteiger partial charge in [-0.2, -0.15) is 0 Å². The maximum atomic E-state index is 11.7. The van der Waals surface area contributed by atoms with Crippen molar-refractivity contribution in [3.8, 4) is 0 Å². The molecule has 1 aliphatic carbocycles. The smallest absolute Gasteiger partial charge is 0.211 e. The van der Waals surface area contributed by atoms with Crippen molar-refractivity contribution in [2.45, 2.75) is 18.8 Å². The van der Waals surface area contributed by atoms with Crippen LogP contribution in [0.1, 0.15) is 24.5 Å². The van der Waals surface area contributed by atoms with E-state index in [0.29, 0.717) is 30.8 Å². The van der Waals surface area contributed by atoms with Crippen molar-refractivity contribution < 1.29 is 8.42 Å². The van der Waals surface area contributed by atoms with Crippen molar-refractivity contribution >= 4 is 27.1 Å². The molecule has 0 bridgehead atoms. The first-order valence-corrected chi connectivity index (χ1v) is 9.71. The summed E-state index contributed by atoms with van der Waals surface area (Å²) in [6.45, 7) is 1.30. The van der Waals surface area contributed by atoms with E-state index in [2.05, 4.69) is 9.38 Å². The molecule has 118 valence electrons. The summed E-state index contributed by atoms with van der Waals surface area (Å²) in [5.41, 5.74) is 2.17. The number of hydrogen-bond acceptors (Lipinski definition) is 3. The Bertz CT molecular complexity index is 818. The van der Waals surface area contributed by atoms with Gasteiger partial charge in [0, 0.05) is 24.7 Å². The Balaban J connectivity index is 1.63. The van der Waals surface area contributed by atoms with Crippen molar-refractivity contribution in [1.82, 2.24) is 13.7 Å². The number of aromatic nitrogens is 2. The number of halogens is 1. The Morgan fingerprint density at radius 3 is 2.55 bits per heavy atom. The maximum absolute atomic E-state index is 11.7. The van der Waals surface area contributed by atoms with Crippen LogP contribution in [0.2, 0.25) is 5.02 Å². The second-order valence-corrected chi connectivity index (χ2v) is 8.91. The van der Waals surface area contributed by atoms with E-state index in [-0.39, 0.29) is 0 Å². The fraction of sp³-hybridized carbons (Fsp3) is 0.533. The van der Waals surface area contributed by atoms with Crippen LogP contribution in [-0.2, 0) is 10.0 Å². The van der Waals surface area contributed by atoms with E-state index in [9.17, 15) is 8.42 Å².